The first-order valence-corrected chi connectivity index (χ1v) is 10.3. The minimum absolute atomic E-state index is 0.0618. The summed E-state index contributed by atoms with van der Waals surface area (Å²) in [5.74, 6) is -0.0618. The van der Waals surface area contributed by atoms with Crippen LogP contribution in [0.4, 0.5) is 0 Å². The van der Waals surface area contributed by atoms with E-state index in [9.17, 15) is 16.8 Å². The molecule has 0 amide bonds. The van der Waals surface area contributed by atoms with Crippen LogP contribution in [0.15, 0.2) is 24.3 Å². The Morgan fingerprint density at radius 3 is 1.87 bits per heavy atom. The van der Waals surface area contributed by atoms with Crippen LogP contribution in [-0.4, -0.2) is 70.0 Å². The van der Waals surface area contributed by atoms with Crippen molar-refractivity contribution in [1.82, 2.24) is 12.9 Å². The van der Waals surface area contributed by atoms with Crippen LogP contribution in [0.1, 0.15) is 11.1 Å². The van der Waals surface area contributed by atoms with Gasteiger partial charge < -0.3 is 0 Å². The molecule has 2 rings (SSSR count). The largest absolute Gasteiger partial charge is 0.281 e. The van der Waals surface area contributed by atoms with Crippen molar-refractivity contribution in [3.8, 4) is 0 Å². The number of sulfonamides is 1. The maximum absolute atomic E-state index is 12.5. The number of rotatable bonds is 5. The molecule has 1 aromatic carbocycles. The molecule has 0 aromatic heterocycles. The molecule has 0 unspecified atom stereocenters. The van der Waals surface area contributed by atoms with Crippen LogP contribution < -0.4 is 0 Å². The molecule has 0 atom stereocenters. The maximum atomic E-state index is 12.5. The van der Waals surface area contributed by atoms with E-state index < -0.39 is 20.2 Å². The standard InChI is InChI=1S/C14H23N3O4S2/c1-13-4-6-14(7-5-13)12-22(18,19)16-8-10-17(11-9-16)23(20,21)15(2)3/h4-7H,8-12H2,1-3H3. The van der Waals surface area contributed by atoms with E-state index in [-0.39, 0.29) is 31.9 Å². The Morgan fingerprint density at radius 2 is 1.39 bits per heavy atom. The SMILES string of the molecule is Cc1ccc(CS(=O)(=O)N2CCN(S(=O)(=O)N(C)C)CC2)cc1. The summed E-state index contributed by atoms with van der Waals surface area (Å²) in [4.78, 5) is 0. The van der Waals surface area contributed by atoms with Gasteiger partial charge in [-0.05, 0) is 12.5 Å². The zero-order valence-electron chi connectivity index (χ0n) is 13.6. The molecule has 1 aromatic rings. The topological polar surface area (TPSA) is 78.0 Å². The fourth-order valence-electron chi connectivity index (χ4n) is 2.40. The fraction of sp³-hybridized carbons (Fsp3) is 0.571. The number of piperazine rings is 1. The first-order valence-electron chi connectivity index (χ1n) is 7.34. The molecule has 0 aliphatic carbocycles. The molecule has 1 fully saturated rings. The van der Waals surface area contributed by atoms with Crippen molar-refractivity contribution in [2.45, 2.75) is 12.7 Å². The average molecular weight is 361 g/mol. The Balaban J connectivity index is 2.02. The van der Waals surface area contributed by atoms with Crippen LogP contribution in [0.3, 0.4) is 0 Å². The minimum atomic E-state index is -3.49. The first kappa shape index (κ1) is 18.3. The van der Waals surface area contributed by atoms with Crippen molar-refractivity contribution >= 4 is 20.2 Å². The lowest BCUT2D eigenvalue weighted by Gasteiger charge is -2.34. The third-order valence-corrected chi connectivity index (χ3v) is 7.64. The molecule has 1 aliphatic heterocycles. The highest BCUT2D eigenvalue weighted by Crippen LogP contribution is 2.16. The highest BCUT2D eigenvalue weighted by molar-refractivity contribution is 7.88. The average Bonchev–Trinajstić information content (AvgIpc) is 2.49. The quantitative estimate of drug-likeness (QED) is 0.753. The van der Waals surface area contributed by atoms with E-state index in [0.717, 1.165) is 15.4 Å². The van der Waals surface area contributed by atoms with Gasteiger partial charge in [0.05, 0.1) is 5.75 Å². The predicted molar refractivity (Wildman–Crippen MR) is 89.6 cm³/mol. The van der Waals surface area contributed by atoms with E-state index in [1.807, 2.05) is 19.1 Å². The summed E-state index contributed by atoms with van der Waals surface area (Å²) < 4.78 is 52.9. The maximum Gasteiger partial charge on any atom is 0.281 e. The Morgan fingerprint density at radius 1 is 0.913 bits per heavy atom. The summed E-state index contributed by atoms with van der Waals surface area (Å²) in [7, 11) is -3.99. The molecule has 0 saturated carbocycles. The van der Waals surface area contributed by atoms with Crippen molar-refractivity contribution in [3.63, 3.8) is 0 Å². The van der Waals surface area contributed by atoms with Gasteiger partial charge >= 0.3 is 0 Å². The molecule has 1 saturated heterocycles. The summed E-state index contributed by atoms with van der Waals surface area (Å²) in [5, 5.41) is 0. The Labute approximate surface area is 138 Å². The number of aryl methyl sites for hydroxylation is 1. The van der Waals surface area contributed by atoms with Crippen molar-refractivity contribution in [2.24, 2.45) is 0 Å². The van der Waals surface area contributed by atoms with Crippen LogP contribution >= 0.6 is 0 Å². The van der Waals surface area contributed by atoms with Gasteiger partial charge in [-0.25, -0.2) is 8.42 Å². The van der Waals surface area contributed by atoms with Crippen molar-refractivity contribution < 1.29 is 16.8 Å². The molecule has 0 N–H and O–H groups in total. The van der Waals surface area contributed by atoms with E-state index in [1.165, 1.54) is 22.7 Å². The second kappa shape index (κ2) is 6.86. The first-order chi connectivity index (χ1) is 10.6. The third-order valence-electron chi connectivity index (χ3n) is 3.85. The molecule has 1 heterocycles. The fourth-order valence-corrected chi connectivity index (χ4v) is 5.00. The highest BCUT2D eigenvalue weighted by Gasteiger charge is 2.33. The number of nitrogens with zero attached hydrogens (tertiary/aromatic N) is 3. The number of hydrogen-bond acceptors (Lipinski definition) is 4. The van der Waals surface area contributed by atoms with Gasteiger partial charge in [0.1, 0.15) is 0 Å². The summed E-state index contributed by atoms with van der Waals surface area (Å²) in [6, 6.07) is 7.37. The van der Waals surface area contributed by atoms with Gasteiger partial charge in [-0.3, -0.25) is 0 Å². The van der Waals surface area contributed by atoms with Crippen LogP contribution in [0, 0.1) is 6.92 Å². The van der Waals surface area contributed by atoms with E-state index >= 15 is 0 Å². The van der Waals surface area contributed by atoms with Crippen LogP contribution in [0.25, 0.3) is 0 Å². The molecule has 7 nitrogen and oxygen atoms in total. The molecular weight excluding hydrogens is 338 g/mol. The molecule has 130 valence electrons. The zero-order chi connectivity index (χ0) is 17.3. The highest BCUT2D eigenvalue weighted by atomic mass is 32.2. The monoisotopic (exact) mass is 361 g/mol. The van der Waals surface area contributed by atoms with Gasteiger partial charge in [-0.1, -0.05) is 29.8 Å². The van der Waals surface area contributed by atoms with E-state index in [2.05, 4.69) is 0 Å². The zero-order valence-corrected chi connectivity index (χ0v) is 15.3. The van der Waals surface area contributed by atoms with Crippen molar-refractivity contribution in [1.29, 1.82) is 0 Å². The van der Waals surface area contributed by atoms with Gasteiger partial charge in [0.15, 0.2) is 0 Å². The van der Waals surface area contributed by atoms with Gasteiger partial charge in [-0.15, -0.1) is 0 Å². The third kappa shape index (κ3) is 4.30. The lowest BCUT2D eigenvalue weighted by atomic mass is 10.2. The molecule has 0 spiro atoms. The molecule has 0 bridgehead atoms. The smallest absolute Gasteiger partial charge is 0.212 e. The van der Waals surface area contributed by atoms with Gasteiger partial charge in [0.2, 0.25) is 10.0 Å². The molecule has 9 heteroatoms. The Bertz CT molecular complexity index is 735. The van der Waals surface area contributed by atoms with E-state index in [4.69, 9.17) is 0 Å². The number of hydrogen-bond donors (Lipinski definition) is 0. The second-order valence-corrected chi connectivity index (χ2v) is 9.94. The summed E-state index contributed by atoms with van der Waals surface area (Å²) in [5.41, 5.74) is 1.81. The van der Waals surface area contributed by atoms with Gasteiger partial charge in [0.25, 0.3) is 10.2 Å². The molecular formula is C14H23N3O4S2. The van der Waals surface area contributed by atoms with E-state index in [1.54, 1.807) is 12.1 Å². The summed E-state index contributed by atoms with van der Waals surface area (Å²) in [6.45, 7) is 2.66. The minimum Gasteiger partial charge on any atom is -0.212 e. The van der Waals surface area contributed by atoms with Crippen LogP contribution in [0.2, 0.25) is 0 Å². The summed E-state index contributed by atoms with van der Waals surface area (Å²) in [6.07, 6.45) is 0. The van der Waals surface area contributed by atoms with Crippen LogP contribution in [0.5, 0.6) is 0 Å². The molecule has 0 radical (unpaired) electrons. The number of benzene rings is 1. The molecule has 23 heavy (non-hydrogen) atoms. The van der Waals surface area contributed by atoms with Crippen LogP contribution in [-0.2, 0) is 26.0 Å². The van der Waals surface area contributed by atoms with Gasteiger partial charge in [0, 0.05) is 40.3 Å². The van der Waals surface area contributed by atoms with E-state index in [0.29, 0.717) is 0 Å². The van der Waals surface area contributed by atoms with Gasteiger partial charge in [-0.2, -0.15) is 21.3 Å². The lowest BCUT2D eigenvalue weighted by molar-refractivity contribution is 0.262. The second-order valence-electron chi connectivity index (χ2n) is 5.83. The Kier molecular flexibility index (Phi) is 5.47. The Hall–Kier alpha value is -1.00. The normalized spacial score (nSPS) is 18.4. The molecule has 1 aliphatic rings. The summed E-state index contributed by atoms with van der Waals surface area (Å²) >= 11 is 0. The van der Waals surface area contributed by atoms with Crippen molar-refractivity contribution in [2.75, 3.05) is 40.3 Å². The predicted octanol–water partition coefficient (Wildman–Crippen LogP) is 0.249. The lowest BCUT2D eigenvalue weighted by Crippen LogP contribution is -2.53. The van der Waals surface area contributed by atoms with Crippen molar-refractivity contribution in [3.05, 3.63) is 35.4 Å².